The molecule has 0 N–H and O–H groups in total. The van der Waals surface area contributed by atoms with Crippen molar-refractivity contribution in [1.82, 2.24) is 9.88 Å². The molecule has 27 heavy (non-hydrogen) atoms. The fraction of sp³-hybridized carbons (Fsp3) is 0.800. The second kappa shape index (κ2) is 13.0. The highest BCUT2D eigenvalue weighted by Gasteiger charge is 2.14. The largest absolute Gasteiger partial charge is 0.439 e. The Labute approximate surface area is 164 Å². The number of sulfone groups is 1. The molecule has 6 nitrogen and oxygen atoms in total. The number of unbranched alkanes of at least 4 members (excludes halogenated alkanes) is 5. The van der Waals surface area contributed by atoms with Crippen molar-refractivity contribution < 1.29 is 17.6 Å². The van der Waals surface area contributed by atoms with Crippen LogP contribution in [-0.2, 0) is 16.3 Å². The topological polar surface area (TPSA) is 80.5 Å². The molecule has 156 valence electrons. The van der Waals surface area contributed by atoms with Gasteiger partial charge >= 0.3 is 0 Å². The van der Waals surface area contributed by atoms with Gasteiger partial charge in [0.05, 0.1) is 17.7 Å². The third-order valence-electron chi connectivity index (χ3n) is 4.49. The number of carbonyl (C=O) groups excluding carboxylic acids is 1. The van der Waals surface area contributed by atoms with E-state index in [2.05, 4.69) is 11.9 Å². The van der Waals surface area contributed by atoms with E-state index < -0.39 is 9.84 Å². The van der Waals surface area contributed by atoms with Crippen LogP contribution in [0.4, 0.5) is 0 Å². The van der Waals surface area contributed by atoms with Gasteiger partial charge < -0.3 is 9.32 Å². The molecule has 1 aromatic rings. The van der Waals surface area contributed by atoms with Crippen LogP contribution in [0.2, 0.25) is 0 Å². The molecule has 0 saturated carbocycles. The molecule has 0 bridgehead atoms. The summed E-state index contributed by atoms with van der Waals surface area (Å²) < 4.78 is 29.5. The smallest absolute Gasteiger partial charge is 0.263 e. The van der Waals surface area contributed by atoms with Crippen molar-refractivity contribution in [2.45, 2.75) is 71.1 Å². The number of oxazole rings is 1. The highest BCUT2D eigenvalue weighted by atomic mass is 32.2. The Morgan fingerprint density at radius 3 is 2.44 bits per heavy atom. The van der Waals surface area contributed by atoms with Gasteiger partial charge in [0.1, 0.15) is 15.6 Å². The van der Waals surface area contributed by atoms with E-state index in [0.717, 1.165) is 19.4 Å². The van der Waals surface area contributed by atoms with Crippen LogP contribution in [-0.4, -0.2) is 56.2 Å². The summed E-state index contributed by atoms with van der Waals surface area (Å²) in [5, 5.41) is 0. The van der Waals surface area contributed by atoms with Gasteiger partial charge in [-0.05, 0) is 46.3 Å². The van der Waals surface area contributed by atoms with Crippen molar-refractivity contribution in [3.8, 4) is 0 Å². The van der Waals surface area contributed by atoms with Crippen molar-refractivity contribution in [3.05, 3.63) is 17.8 Å². The highest BCUT2D eigenvalue weighted by molar-refractivity contribution is 7.91. The lowest BCUT2D eigenvalue weighted by Crippen LogP contribution is -2.18. The first kappa shape index (κ1) is 23.8. The molecular weight excluding hydrogens is 364 g/mol. The Balaban J connectivity index is 2.23. The zero-order valence-electron chi connectivity index (χ0n) is 17.2. The second-order valence-electron chi connectivity index (χ2n) is 7.48. The standard InChI is InChI=1S/C20H36N2O4S/c1-4-5-6-7-8-13-19(23)20-21-17-18(26-20)12-9-10-15-27(24,25)16-11-14-22(2)3/h17H,4-16H2,1-3H3. The number of Topliss-reactive ketones (excluding diaryl/α,β-unsaturated/α-hetero) is 1. The summed E-state index contributed by atoms with van der Waals surface area (Å²) >= 11 is 0. The van der Waals surface area contributed by atoms with Gasteiger partial charge in [0, 0.05) is 12.8 Å². The summed E-state index contributed by atoms with van der Waals surface area (Å²) in [7, 11) is 0.896. The normalized spacial score (nSPS) is 12.0. The maximum absolute atomic E-state index is 12.1. The van der Waals surface area contributed by atoms with Crippen molar-refractivity contribution in [3.63, 3.8) is 0 Å². The Bertz CT molecular complexity index is 638. The molecule has 0 aliphatic carbocycles. The number of aromatic nitrogens is 1. The van der Waals surface area contributed by atoms with Crippen molar-refractivity contribution in [2.24, 2.45) is 0 Å². The monoisotopic (exact) mass is 400 g/mol. The van der Waals surface area contributed by atoms with Crippen LogP contribution in [0.3, 0.4) is 0 Å². The number of hydrogen-bond acceptors (Lipinski definition) is 6. The third kappa shape index (κ3) is 11.3. The van der Waals surface area contributed by atoms with Gasteiger partial charge in [0.15, 0.2) is 0 Å². The van der Waals surface area contributed by atoms with E-state index in [0.29, 0.717) is 37.9 Å². The summed E-state index contributed by atoms with van der Waals surface area (Å²) in [5.74, 6) is 1.26. The number of aryl methyl sites for hydroxylation is 1. The molecule has 0 spiro atoms. The van der Waals surface area contributed by atoms with Crippen LogP contribution in [0.15, 0.2) is 10.6 Å². The summed E-state index contributed by atoms with van der Waals surface area (Å²) in [6, 6.07) is 0. The molecule has 7 heteroatoms. The van der Waals surface area contributed by atoms with E-state index in [-0.39, 0.29) is 23.2 Å². The van der Waals surface area contributed by atoms with Crippen molar-refractivity contribution >= 4 is 15.6 Å². The molecule has 0 unspecified atom stereocenters. The first-order valence-corrected chi connectivity index (χ1v) is 12.0. The SMILES string of the molecule is CCCCCCCC(=O)c1ncc(CCCCS(=O)(=O)CCCN(C)C)o1. The number of carbonyl (C=O) groups is 1. The molecule has 0 aromatic carbocycles. The molecule has 0 atom stereocenters. The van der Waals surface area contributed by atoms with E-state index in [1.807, 2.05) is 19.0 Å². The quantitative estimate of drug-likeness (QED) is 0.309. The highest BCUT2D eigenvalue weighted by Crippen LogP contribution is 2.13. The average Bonchev–Trinajstić information content (AvgIpc) is 3.07. The fourth-order valence-corrected chi connectivity index (χ4v) is 4.29. The van der Waals surface area contributed by atoms with Crippen LogP contribution < -0.4 is 0 Å². The van der Waals surface area contributed by atoms with Crippen LogP contribution in [0.5, 0.6) is 0 Å². The molecule has 0 aliphatic heterocycles. The predicted molar refractivity (Wildman–Crippen MR) is 109 cm³/mol. The van der Waals surface area contributed by atoms with Crippen LogP contribution in [0, 0.1) is 0 Å². The molecule has 0 amide bonds. The van der Waals surface area contributed by atoms with E-state index in [4.69, 9.17) is 4.42 Å². The third-order valence-corrected chi connectivity index (χ3v) is 6.31. The lowest BCUT2D eigenvalue weighted by molar-refractivity contribution is 0.0943. The zero-order valence-corrected chi connectivity index (χ0v) is 18.0. The van der Waals surface area contributed by atoms with Gasteiger partial charge in [-0.15, -0.1) is 0 Å². The summed E-state index contributed by atoms with van der Waals surface area (Å²) in [6.07, 6.45) is 10.2. The maximum Gasteiger partial charge on any atom is 0.263 e. The Morgan fingerprint density at radius 1 is 1.04 bits per heavy atom. The molecule has 1 heterocycles. The van der Waals surface area contributed by atoms with E-state index >= 15 is 0 Å². The molecule has 1 rings (SSSR count). The molecular formula is C20H36N2O4S. The first-order chi connectivity index (χ1) is 12.8. The van der Waals surface area contributed by atoms with Gasteiger partial charge in [-0.2, -0.15) is 0 Å². The van der Waals surface area contributed by atoms with Crippen molar-refractivity contribution in [1.29, 1.82) is 0 Å². The van der Waals surface area contributed by atoms with Crippen molar-refractivity contribution in [2.75, 3.05) is 32.1 Å². The fourth-order valence-electron chi connectivity index (χ4n) is 2.87. The Kier molecular flexibility index (Phi) is 11.5. The van der Waals surface area contributed by atoms with E-state index in [9.17, 15) is 13.2 Å². The second-order valence-corrected chi connectivity index (χ2v) is 9.79. The molecule has 0 saturated heterocycles. The lowest BCUT2D eigenvalue weighted by atomic mass is 10.1. The number of rotatable bonds is 16. The molecule has 0 aliphatic rings. The van der Waals surface area contributed by atoms with Gasteiger partial charge in [-0.25, -0.2) is 13.4 Å². The van der Waals surface area contributed by atoms with Gasteiger partial charge in [0.2, 0.25) is 5.78 Å². The first-order valence-electron chi connectivity index (χ1n) is 10.2. The molecule has 0 fully saturated rings. The maximum atomic E-state index is 12.1. The van der Waals surface area contributed by atoms with Gasteiger partial charge in [-0.1, -0.05) is 32.6 Å². The summed E-state index contributed by atoms with van der Waals surface area (Å²) in [6.45, 7) is 2.95. The number of ketones is 1. The predicted octanol–water partition coefficient (Wildman–Crippen LogP) is 3.91. The minimum absolute atomic E-state index is 0.0405. The lowest BCUT2D eigenvalue weighted by Gasteiger charge is -2.09. The molecule has 1 aromatic heterocycles. The average molecular weight is 401 g/mol. The summed E-state index contributed by atoms with van der Waals surface area (Å²) in [4.78, 5) is 18.1. The zero-order chi connectivity index (χ0) is 20.1. The Morgan fingerprint density at radius 2 is 1.74 bits per heavy atom. The minimum Gasteiger partial charge on any atom is -0.439 e. The van der Waals surface area contributed by atoms with E-state index in [1.165, 1.54) is 19.3 Å². The van der Waals surface area contributed by atoms with Crippen LogP contribution in [0.25, 0.3) is 0 Å². The minimum atomic E-state index is -2.98. The molecule has 0 radical (unpaired) electrons. The van der Waals surface area contributed by atoms with Gasteiger partial charge in [-0.3, -0.25) is 4.79 Å². The van der Waals surface area contributed by atoms with E-state index in [1.54, 1.807) is 6.20 Å². The van der Waals surface area contributed by atoms with Gasteiger partial charge in [0.25, 0.3) is 5.89 Å². The Hall–Kier alpha value is -1.21. The summed E-state index contributed by atoms with van der Waals surface area (Å²) in [5.41, 5.74) is 0. The number of hydrogen-bond donors (Lipinski definition) is 0. The van der Waals surface area contributed by atoms with Crippen LogP contribution in [0.1, 0.15) is 81.2 Å². The number of nitrogens with zero attached hydrogens (tertiary/aromatic N) is 2. The van der Waals surface area contributed by atoms with Crippen LogP contribution >= 0.6 is 0 Å².